The molecule has 3 N–H and O–H groups in total. The standard InChI is InChI=1S/C26H43N3O5S/c1-8-9-13-27-23(31)22(20-11-10-18(2)19(3)17-20)29(14-15-30)24(32)21(12-16-35-7)28-25(33)34-26(4,5)6/h10-11,17,21-22,30H,8-9,12-16H2,1-7H3,(H,27,31)(H,28,33). The van der Waals surface area contributed by atoms with E-state index >= 15 is 0 Å². The molecule has 198 valence electrons. The second-order valence-electron chi connectivity index (χ2n) is 9.63. The van der Waals surface area contributed by atoms with Gasteiger partial charge < -0.3 is 25.4 Å². The average molecular weight is 510 g/mol. The topological polar surface area (TPSA) is 108 Å². The van der Waals surface area contributed by atoms with Crippen LogP contribution in [-0.4, -0.2) is 71.3 Å². The van der Waals surface area contributed by atoms with E-state index in [1.807, 2.05) is 45.2 Å². The van der Waals surface area contributed by atoms with Crippen LogP contribution >= 0.6 is 11.8 Å². The number of aryl methyl sites for hydroxylation is 2. The molecule has 2 unspecified atom stereocenters. The van der Waals surface area contributed by atoms with E-state index in [1.54, 1.807) is 32.5 Å². The lowest BCUT2D eigenvalue weighted by Gasteiger charge is -2.34. The third kappa shape index (κ3) is 10.5. The summed E-state index contributed by atoms with van der Waals surface area (Å²) in [6.07, 6.45) is 3.31. The Bertz CT molecular complexity index is 841. The number of nitrogens with one attached hydrogen (secondary N) is 2. The number of amides is 3. The van der Waals surface area contributed by atoms with Crippen LogP contribution in [-0.2, 0) is 14.3 Å². The lowest BCUT2D eigenvalue weighted by molar-refractivity contribution is -0.143. The number of carbonyl (C=O) groups excluding carboxylic acids is 3. The van der Waals surface area contributed by atoms with Crippen molar-refractivity contribution in [3.8, 4) is 0 Å². The summed E-state index contributed by atoms with van der Waals surface area (Å²) >= 11 is 1.55. The minimum atomic E-state index is -0.942. The van der Waals surface area contributed by atoms with E-state index in [0.29, 0.717) is 24.3 Å². The van der Waals surface area contributed by atoms with Crippen molar-refractivity contribution in [3.63, 3.8) is 0 Å². The van der Waals surface area contributed by atoms with Gasteiger partial charge in [0.25, 0.3) is 0 Å². The Hall–Kier alpha value is -2.26. The van der Waals surface area contributed by atoms with E-state index in [4.69, 9.17) is 4.74 Å². The van der Waals surface area contributed by atoms with E-state index < -0.39 is 29.7 Å². The fourth-order valence-corrected chi connectivity index (χ4v) is 3.98. The van der Waals surface area contributed by atoms with Gasteiger partial charge >= 0.3 is 6.09 Å². The van der Waals surface area contributed by atoms with Gasteiger partial charge in [-0.05, 0) is 76.2 Å². The van der Waals surface area contributed by atoms with Crippen molar-refractivity contribution in [1.82, 2.24) is 15.5 Å². The van der Waals surface area contributed by atoms with E-state index in [2.05, 4.69) is 10.6 Å². The van der Waals surface area contributed by atoms with Crippen molar-refractivity contribution in [2.24, 2.45) is 0 Å². The number of hydrogen-bond donors (Lipinski definition) is 3. The SMILES string of the molecule is CCCCNC(=O)C(c1ccc(C)c(C)c1)N(CCO)C(=O)C(CCSC)NC(=O)OC(C)(C)C. The highest BCUT2D eigenvalue weighted by Gasteiger charge is 2.36. The average Bonchev–Trinajstić information content (AvgIpc) is 2.77. The fraction of sp³-hybridized carbons (Fsp3) is 0.654. The molecule has 0 aliphatic heterocycles. The highest BCUT2D eigenvalue weighted by molar-refractivity contribution is 7.98. The van der Waals surface area contributed by atoms with Crippen LogP contribution in [0.2, 0.25) is 0 Å². The summed E-state index contributed by atoms with van der Waals surface area (Å²) in [6, 6.07) is 3.81. The molecule has 0 bridgehead atoms. The van der Waals surface area contributed by atoms with Crippen molar-refractivity contribution in [2.75, 3.05) is 31.7 Å². The first-order valence-electron chi connectivity index (χ1n) is 12.2. The number of carbonyl (C=O) groups is 3. The highest BCUT2D eigenvalue weighted by Crippen LogP contribution is 2.25. The summed E-state index contributed by atoms with van der Waals surface area (Å²) in [7, 11) is 0. The first kappa shape index (κ1) is 30.8. The summed E-state index contributed by atoms with van der Waals surface area (Å²) in [5.74, 6) is -0.131. The quantitative estimate of drug-likeness (QED) is 0.350. The van der Waals surface area contributed by atoms with Gasteiger partial charge in [-0.15, -0.1) is 0 Å². The van der Waals surface area contributed by atoms with Crippen LogP contribution in [0.1, 0.15) is 69.7 Å². The summed E-state index contributed by atoms with van der Waals surface area (Å²) < 4.78 is 5.37. The molecule has 0 fully saturated rings. The number of unbranched alkanes of at least 4 members (excludes halogenated alkanes) is 1. The zero-order valence-corrected chi connectivity index (χ0v) is 23.1. The largest absolute Gasteiger partial charge is 0.444 e. The molecule has 0 saturated heterocycles. The number of aliphatic hydroxyl groups excluding tert-OH is 1. The Morgan fingerprint density at radius 3 is 2.40 bits per heavy atom. The van der Waals surface area contributed by atoms with Crippen LogP contribution in [0.4, 0.5) is 4.79 Å². The molecule has 1 aromatic carbocycles. The number of thioether (sulfide) groups is 1. The Morgan fingerprint density at radius 1 is 1.17 bits per heavy atom. The van der Waals surface area contributed by atoms with Crippen LogP contribution in [0.5, 0.6) is 0 Å². The third-order valence-corrected chi connectivity index (χ3v) is 6.10. The van der Waals surface area contributed by atoms with Gasteiger partial charge in [0, 0.05) is 13.1 Å². The molecule has 3 amide bonds. The van der Waals surface area contributed by atoms with Gasteiger partial charge in [0.1, 0.15) is 17.7 Å². The van der Waals surface area contributed by atoms with E-state index in [9.17, 15) is 19.5 Å². The second-order valence-corrected chi connectivity index (χ2v) is 10.6. The van der Waals surface area contributed by atoms with E-state index in [0.717, 1.165) is 24.0 Å². The van der Waals surface area contributed by atoms with E-state index in [-0.39, 0.29) is 19.1 Å². The Morgan fingerprint density at radius 2 is 1.86 bits per heavy atom. The Labute approximate surface area is 214 Å². The van der Waals surface area contributed by atoms with Gasteiger partial charge in [-0.2, -0.15) is 11.8 Å². The molecule has 0 saturated carbocycles. The molecular weight excluding hydrogens is 466 g/mol. The predicted octanol–water partition coefficient (Wildman–Crippen LogP) is 3.73. The maximum atomic E-state index is 13.8. The van der Waals surface area contributed by atoms with Crippen LogP contribution in [0.25, 0.3) is 0 Å². The smallest absolute Gasteiger partial charge is 0.408 e. The minimum absolute atomic E-state index is 0.0522. The summed E-state index contributed by atoms with van der Waals surface area (Å²) in [5, 5.41) is 15.4. The highest BCUT2D eigenvalue weighted by atomic mass is 32.2. The van der Waals surface area contributed by atoms with Gasteiger partial charge in [0.15, 0.2) is 0 Å². The zero-order valence-electron chi connectivity index (χ0n) is 22.3. The van der Waals surface area contributed by atoms with Crippen LogP contribution in [0.3, 0.4) is 0 Å². The molecule has 1 rings (SSSR count). The molecular formula is C26H43N3O5S. The molecule has 0 aliphatic rings. The molecule has 0 aromatic heterocycles. The van der Waals surface area contributed by atoms with Crippen molar-refractivity contribution in [2.45, 2.75) is 78.5 Å². The fourth-order valence-electron chi connectivity index (χ4n) is 3.51. The molecule has 8 nitrogen and oxygen atoms in total. The Balaban J connectivity index is 3.39. The summed E-state index contributed by atoms with van der Waals surface area (Å²) in [5.41, 5.74) is 2.01. The number of aliphatic hydroxyl groups is 1. The lowest BCUT2D eigenvalue weighted by Crippen LogP contribution is -2.54. The number of ether oxygens (including phenoxy) is 1. The number of rotatable bonds is 13. The second kappa shape index (κ2) is 15.0. The van der Waals surface area contributed by atoms with Crippen molar-refractivity contribution >= 4 is 29.7 Å². The number of alkyl carbamates (subject to hydrolysis) is 1. The van der Waals surface area contributed by atoms with E-state index in [1.165, 1.54) is 4.90 Å². The molecule has 0 heterocycles. The zero-order chi connectivity index (χ0) is 26.6. The van der Waals surface area contributed by atoms with Gasteiger partial charge in [-0.1, -0.05) is 31.5 Å². The predicted molar refractivity (Wildman–Crippen MR) is 142 cm³/mol. The van der Waals surface area contributed by atoms with Crippen molar-refractivity contribution in [3.05, 3.63) is 34.9 Å². The lowest BCUT2D eigenvalue weighted by atomic mass is 9.98. The molecule has 1 aromatic rings. The van der Waals surface area contributed by atoms with Crippen LogP contribution in [0.15, 0.2) is 18.2 Å². The molecule has 2 atom stereocenters. The minimum Gasteiger partial charge on any atom is -0.444 e. The molecule has 9 heteroatoms. The molecule has 0 aliphatic carbocycles. The number of hydrogen-bond acceptors (Lipinski definition) is 6. The summed E-state index contributed by atoms with van der Waals surface area (Å²) in [4.78, 5) is 41.1. The Kier molecular flexibility index (Phi) is 13.2. The van der Waals surface area contributed by atoms with Crippen molar-refractivity contribution in [1.29, 1.82) is 0 Å². The third-order valence-electron chi connectivity index (χ3n) is 5.46. The van der Waals surface area contributed by atoms with Gasteiger partial charge in [-0.3, -0.25) is 9.59 Å². The van der Waals surface area contributed by atoms with Crippen LogP contribution in [0, 0.1) is 13.8 Å². The monoisotopic (exact) mass is 509 g/mol. The first-order valence-corrected chi connectivity index (χ1v) is 13.6. The normalized spacial score (nSPS) is 13.0. The molecule has 0 spiro atoms. The number of benzene rings is 1. The molecule has 0 radical (unpaired) electrons. The number of nitrogens with zero attached hydrogens (tertiary/aromatic N) is 1. The van der Waals surface area contributed by atoms with Gasteiger partial charge in [0.2, 0.25) is 11.8 Å². The first-order chi connectivity index (χ1) is 16.4. The van der Waals surface area contributed by atoms with Crippen LogP contribution < -0.4 is 10.6 Å². The maximum Gasteiger partial charge on any atom is 0.408 e. The summed E-state index contributed by atoms with van der Waals surface area (Å²) in [6.45, 7) is 11.3. The molecule has 35 heavy (non-hydrogen) atoms. The van der Waals surface area contributed by atoms with Gasteiger partial charge in [0.05, 0.1) is 6.61 Å². The maximum absolute atomic E-state index is 13.8. The van der Waals surface area contributed by atoms with Crippen molar-refractivity contribution < 1.29 is 24.2 Å². The van der Waals surface area contributed by atoms with Gasteiger partial charge in [-0.25, -0.2) is 4.79 Å².